The number of carbonyl (C=O) groups excluding carboxylic acids is 1. The lowest BCUT2D eigenvalue weighted by atomic mass is 10.2. The van der Waals surface area contributed by atoms with Crippen LogP contribution in [-0.4, -0.2) is 41.5 Å². The molecule has 1 aromatic heterocycles. The van der Waals surface area contributed by atoms with Crippen LogP contribution in [-0.2, 0) is 0 Å². The third-order valence-electron chi connectivity index (χ3n) is 3.66. The van der Waals surface area contributed by atoms with E-state index in [0.29, 0.717) is 28.9 Å². The highest BCUT2D eigenvalue weighted by molar-refractivity contribution is 7.13. The summed E-state index contributed by atoms with van der Waals surface area (Å²) in [7, 11) is 0. The number of carbonyl (C=O) groups is 1. The number of rotatable bonds is 7. The first-order chi connectivity index (χ1) is 11.0. The Kier molecular flexibility index (Phi) is 6.24. The summed E-state index contributed by atoms with van der Waals surface area (Å²) in [6.07, 6.45) is 0. The average Bonchev–Trinajstić information content (AvgIpc) is 3.01. The van der Waals surface area contributed by atoms with Crippen LogP contribution in [0.4, 0.5) is 4.39 Å². The van der Waals surface area contributed by atoms with Crippen molar-refractivity contribution in [2.75, 3.05) is 19.6 Å². The van der Waals surface area contributed by atoms with E-state index < -0.39 is 0 Å². The molecule has 23 heavy (non-hydrogen) atoms. The van der Waals surface area contributed by atoms with Crippen LogP contribution in [0.5, 0.6) is 0 Å². The Morgan fingerprint density at radius 2 is 2.13 bits per heavy atom. The van der Waals surface area contributed by atoms with Crippen molar-refractivity contribution in [3.05, 3.63) is 41.2 Å². The standard InChI is InChI=1S/C17H22FN3OS/c1-4-21(12(2)3)10-9-19-16(22)15-11-23-17(20-15)13-7-5-6-8-14(13)18/h5-8,11-12H,4,9-10H2,1-3H3,(H,19,22). The number of amides is 1. The van der Waals surface area contributed by atoms with Crippen LogP contribution in [0, 0.1) is 5.82 Å². The quantitative estimate of drug-likeness (QED) is 0.843. The fourth-order valence-corrected chi connectivity index (χ4v) is 3.15. The Balaban J connectivity index is 1.95. The molecule has 0 radical (unpaired) electrons. The summed E-state index contributed by atoms with van der Waals surface area (Å²) in [6.45, 7) is 8.67. The molecule has 2 rings (SSSR count). The van der Waals surface area contributed by atoms with Crippen molar-refractivity contribution in [2.45, 2.75) is 26.8 Å². The number of aromatic nitrogens is 1. The summed E-state index contributed by atoms with van der Waals surface area (Å²) in [5, 5.41) is 5.05. The van der Waals surface area contributed by atoms with E-state index in [2.05, 4.69) is 36.0 Å². The van der Waals surface area contributed by atoms with E-state index in [1.165, 1.54) is 17.4 Å². The summed E-state index contributed by atoms with van der Waals surface area (Å²) in [5.74, 6) is -0.548. The molecule has 0 aliphatic rings. The molecule has 0 saturated carbocycles. The molecule has 0 bridgehead atoms. The zero-order chi connectivity index (χ0) is 16.8. The summed E-state index contributed by atoms with van der Waals surface area (Å²) < 4.78 is 13.8. The molecule has 124 valence electrons. The molecule has 2 aromatic rings. The third-order valence-corrected chi connectivity index (χ3v) is 4.54. The van der Waals surface area contributed by atoms with Gasteiger partial charge in [0, 0.05) is 30.1 Å². The number of hydrogen-bond donors (Lipinski definition) is 1. The maximum Gasteiger partial charge on any atom is 0.270 e. The number of hydrogen-bond acceptors (Lipinski definition) is 4. The Bertz CT molecular complexity index is 657. The van der Waals surface area contributed by atoms with Crippen LogP contribution < -0.4 is 5.32 Å². The Morgan fingerprint density at radius 3 is 2.78 bits per heavy atom. The zero-order valence-electron chi connectivity index (χ0n) is 13.7. The second-order valence-electron chi connectivity index (χ2n) is 5.50. The van der Waals surface area contributed by atoms with Gasteiger partial charge in [-0.1, -0.05) is 19.1 Å². The van der Waals surface area contributed by atoms with Crippen molar-refractivity contribution in [3.63, 3.8) is 0 Å². The maximum atomic E-state index is 13.8. The predicted octanol–water partition coefficient (Wildman–Crippen LogP) is 3.41. The van der Waals surface area contributed by atoms with Gasteiger partial charge in [-0.2, -0.15) is 0 Å². The van der Waals surface area contributed by atoms with Crippen molar-refractivity contribution in [1.29, 1.82) is 0 Å². The summed E-state index contributed by atoms with van der Waals surface area (Å²) in [5.41, 5.74) is 0.759. The highest BCUT2D eigenvalue weighted by Gasteiger charge is 2.14. The molecule has 0 aliphatic heterocycles. The molecule has 0 aliphatic carbocycles. The van der Waals surface area contributed by atoms with Crippen LogP contribution in [0.3, 0.4) is 0 Å². The van der Waals surface area contributed by atoms with E-state index in [-0.39, 0.29) is 11.7 Å². The Labute approximate surface area is 140 Å². The van der Waals surface area contributed by atoms with Gasteiger partial charge in [-0.15, -0.1) is 11.3 Å². The molecule has 0 atom stereocenters. The normalized spacial score (nSPS) is 11.2. The molecule has 1 aromatic carbocycles. The second kappa shape index (κ2) is 8.17. The number of thiazole rings is 1. The summed E-state index contributed by atoms with van der Waals surface area (Å²) in [4.78, 5) is 18.7. The number of nitrogens with one attached hydrogen (secondary N) is 1. The molecule has 0 saturated heterocycles. The number of likely N-dealkylation sites (N-methyl/N-ethyl adjacent to an activating group) is 1. The molecule has 0 unspecified atom stereocenters. The van der Waals surface area contributed by atoms with Gasteiger partial charge in [0.2, 0.25) is 0 Å². The highest BCUT2D eigenvalue weighted by atomic mass is 32.1. The largest absolute Gasteiger partial charge is 0.349 e. The highest BCUT2D eigenvalue weighted by Crippen LogP contribution is 2.25. The van der Waals surface area contributed by atoms with Gasteiger partial charge in [-0.3, -0.25) is 9.69 Å². The molecule has 6 heteroatoms. The van der Waals surface area contributed by atoms with Crippen LogP contribution in [0.2, 0.25) is 0 Å². The first-order valence-electron chi connectivity index (χ1n) is 7.75. The minimum atomic E-state index is -0.329. The summed E-state index contributed by atoms with van der Waals surface area (Å²) in [6, 6.07) is 6.89. The number of benzene rings is 1. The Morgan fingerprint density at radius 1 is 1.39 bits per heavy atom. The molecule has 1 N–H and O–H groups in total. The van der Waals surface area contributed by atoms with E-state index in [0.717, 1.165) is 13.1 Å². The van der Waals surface area contributed by atoms with E-state index in [1.54, 1.807) is 23.6 Å². The van der Waals surface area contributed by atoms with Gasteiger partial charge in [0.05, 0.1) is 0 Å². The minimum absolute atomic E-state index is 0.219. The number of halogens is 1. The molecule has 0 fully saturated rings. The van der Waals surface area contributed by atoms with E-state index in [4.69, 9.17) is 0 Å². The third kappa shape index (κ3) is 4.59. The van der Waals surface area contributed by atoms with Crippen LogP contribution in [0.15, 0.2) is 29.6 Å². The van der Waals surface area contributed by atoms with Crippen molar-refractivity contribution in [1.82, 2.24) is 15.2 Å². The smallest absolute Gasteiger partial charge is 0.270 e. The van der Waals surface area contributed by atoms with Gasteiger partial charge >= 0.3 is 0 Å². The van der Waals surface area contributed by atoms with Crippen molar-refractivity contribution in [3.8, 4) is 10.6 Å². The van der Waals surface area contributed by atoms with Gasteiger partial charge in [0.1, 0.15) is 16.5 Å². The zero-order valence-corrected chi connectivity index (χ0v) is 14.5. The fourth-order valence-electron chi connectivity index (χ4n) is 2.32. The van der Waals surface area contributed by atoms with E-state index >= 15 is 0 Å². The topological polar surface area (TPSA) is 45.2 Å². The predicted molar refractivity (Wildman–Crippen MR) is 92.2 cm³/mol. The second-order valence-corrected chi connectivity index (χ2v) is 6.35. The van der Waals surface area contributed by atoms with Crippen LogP contribution in [0.25, 0.3) is 10.6 Å². The van der Waals surface area contributed by atoms with Crippen LogP contribution >= 0.6 is 11.3 Å². The van der Waals surface area contributed by atoms with E-state index in [1.807, 2.05) is 0 Å². The molecule has 0 spiro atoms. The van der Waals surface area contributed by atoms with Crippen molar-refractivity contribution >= 4 is 17.2 Å². The van der Waals surface area contributed by atoms with Gasteiger partial charge in [-0.05, 0) is 32.5 Å². The molecule has 1 amide bonds. The first-order valence-corrected chi connectivity index (χ1v) is 8.63. The monoisotopic (exact) mass is 335 g/mol. The minimum Gasteiger partial charge on any atom is -0.349 e. The molecular weight excluding hydrogens is 313 g/mol. The lowest BCUT2D eigenvalue weighted by Crippen LogP contribution is -2.38. The molecular formula is C17H22FN3OS. The molecule has 1 heterocycles. The maximum absolute atomic E-state index is 13.8. The van der Waals surface area contributed by atoms with Crippen molar-refractivity contribution in [2.24, 2.45) is 0 Å². The van der Waals surface area contributed by atoms with E-state index in [9.17, 15) is 9.18 Å². The first kappa shape index (κ1) is 17.6. The average molecular weight is 335 g/mol. The number of nitrogens with zero attached hydrogens (tertiary/aromatic N) is 2. The molecule has 4 nitrogen and oxygen atoms in total. The SMILES string of the molecule is CCN(CCNC(=O)c1csc(-c2ccccc2F)n1)C(C)C. The summed E-state index contributed by atoms with van der Waals surface area (Å²) >= 11 is 1.27. The Hall–Kier alpha value is -1.79. The van der Waals surface area contributed by atoms with Crippen LogP contribution in [0.1, 0.15) is 31.3 Å². The lowest BCUT2D eigenvalue weighted by Gasteiger charge is -2.24. The van der Waals surface area contributed by atoms with Gasteiger partial charge < -0.3 is 5.32 Å². The van der Waals surface area contributed by atoms with Gasteiger partial charge in [-0.25, -0.2) is 9.37 Å². The van der Waals surface area contributed by atoms with Crippen molar-refractivity contribution < 1.29 is 9.18 Å². The fraction of sp³-hybridized carbons (Fsp3) is 0.412. The van der Waals surface area contributed by atoms with Gasteiger partial charge in [0.15, 0.2) is 0 Å². The lowest BCUT2D eigenvalue weighted by molar-refractivity contribution is 0.0941. The van der Waals surface area contributed by atoms with Gasteiger partial charge in [0.25, 0.3) is 5.91 Å².